The molecule has 0 aliphatic carbocycles. The number of hydrogen-bond acceptors (Lipinski definition) is 7. The fourth-order valence-electron chi connectivity index (χ4n) is 4.55. The number of carbonyl (C=O) groups excluding carboxylic acids is 1. The van der Waals surface area contributed by atoms with E-state index in [1.54, 1.807) is 18.2 Å². The average molecular weight is 565 g/mol. The number of rotatable bonds is 13. The molecule has 0 spiro atoms. The zero-order chi connectivity index (χ0) is 28.7. The van der Waals surface area contributed by atoms with E-state index in [0.29, 0.717) is 71.7 Å². The second-order valence-electron chi connectivity index (χ2n) is 9.14. The number of nitrogens with zero attached hydrogens (tertiary/aromatic N) is 1. The maximum absolute atomic E-state index is 13.4. The molecule has 3 aromatic rings. The molecular weight excluding hydrogens is 528 g/mol. The second-order valence-corrected chi connectivity index (χ2v) is 11.0. The van der Waals surface area contributed by atoms with Crippen molar-refractivity contribution in [2.75, 3.05) is 54.0 Å². The van der Waals surface area contributed by atoms with Crippen LogP contribution in [0.5, 0.6) is 11.5 Å². The van der Waals surface area contributed by atoms with Crippen molar-refractivity contribution in [3.05, 3.63) is 77.9 Å². The van der Waals surface area contributed by atoms with Crippen molar-refractivity contribution >= 4 is 44.3 Å². The van der Waals surface area contributed by atoms with E-state index in [4.69, 9.17) is 9.47 Å². The lowest BCUT2D eigenvalue weighted by atomic mass is 9.99. The van der Waals surface area contributed by atoms with Crippen molar-refractivity contribution in [1.29, 1.82) is 0 Å². The summed E-state index contributed by atoms with van der Waals surface area (Å²) in [7, 11) is -3.46. The van der Waals surface area contributed by atoms with E-state index >= 15 is 0 Å². The van der Waals surface area contributed by atoms with Crippen LogP contribution in [0.3, 0.4) is 0 Å². The Morgan fingerprint density at radius 3 is 2.17 bits per heavy atom. The number of fused-ring (bicyclic) bond motifs is 1. The summed E-state index contributed by atoms with van der Waals surface area (Å²) in [4.78, 5) is 13.4. The van der Waals surface area contributed by atoms with Crippen LogP contribution in [0.4, 0.5) is 17.1 Å². The Bertz CT molecular complexity index is 1470. The molecule has 0 bridgehead atoms. The summed E-state index contributed by atoms with van der Waals surface area (Å²) >= 11 is 0. The van der Waals surface area contributed by atoms with Gasteiger partial charge in [-0.1, -0.05) is 37.3 Å². The molecule has 0 saturated heterocycles. The summed E-state index contributed by atoms with van der Waals surface area (Å²) in [5.41, 5.74) is 4.51. The standard InChI is InChI=1S/C30H36N4O5S/c1-5-31-17-18-34(40(4,36)37)23-15-13-22(14-16-23)32-29(21-11-9-8-10-12-21)28-24-19-26(38-6-2)27(39-7-3)20-25(24)33-30(28)35/h8-16,19-20,31-32H,5-7,17-18H2,1-4H3,(H,33,35). The van der Waals surface area contributed by atoms with Crippen LogP contribution in [0.15, 0.2) is 66.7 Å². The van der Waals surface area contributed by atoms with Gasteiger partial charge in [0.15, 0.2) is 11.5 Å². The van der Waals surface area contributed by atoms with Gasteiger partial charge in [-0.05, 0) is 56.3 Å². The molecule has 0 fully saturated rings. The van der Waals surface area contributed by atoms with E-state index in [9.17, 15) is 13.2 Å². The van der Waals surface area contributed by atoms with Gasteiger partial charge in [-0.2, -0.15) is 0 Å². The number of amides is 1. The minimum absolute atomic E-state index is 0.249. The molecule has 1 aliphatic heterocycles. The van der Waals surface area contributed by atoms with Gasteiger partial charge in [-0.25, -0.2) is 8.42 Å². The highest BCUT2D eigenvalue weighted by Gasteiger charge is 2.30. The van der Waals surface area contributed by atoms with E-state index in [0.717, 1.165) is 12.1 Å². The molecule has 3 aromatic carbocycles. The number of carbonyl (C=O) groups is 1. The molecule has 10 heteroatoms. The summed E-state index contributed by atoms with van der Waals surface area (Å²) in [5.74, 6) is 0.882. The monoisotopic (exact) mass is 564 g/mol. The molecule has 1 amide bonds. The fourth-order valence-corrected chi connectivity index (χ4v) is 5.47. The first-order valence-corrected chi connectivity index (χ1v) is 15.2. The second kappa shape index (κ2) is 12.9. The largest absolute Gasteiger partial charge is 0.490 e. The summed E-state index contributed by atoms with van der Waals surface area (Å²) in [6.07, 6.45) is 1.20. The van der Waals surface area contributed by atoms with Crippen LogP contribution in [0.25, 0.3) is 11.3 Å². The van der Waals surface area contributed by atoms with Gasteiger partial charge in [0.05, 0.1) is 42.1 Å². The number of benzene rings is 3. The van der Waals surface area contributed by atoms with E-state index in [1.165, 1.54) is 10.6 Å². The molecule has 1 heterocycles. The minimum atomic E-state index is -3.46. The van der Waals surface area contributed by atoms with Crippen molar-refractivity contribution in [3.8, 4) is 11.5 Å². The van der Waals surface area contributed by atoms with E-state index in [2.05, 4.69) is 16.0 Å². The predicted octanol–water partition coefficient (Wildman–Crippen LogP) is 4.79. The zero-order valence-corrected chi connectivity index (χ0v) is 24.1. The maximum Gasteiger partial charge on any atom is 0.258 e. The van der Waals surface area contributed by atoms with Crippen LogP contribution >= 0.6 is 0 Å². The Balaban J connectivity index is 1.76. The first kappa shape index (κ1) is 29.0. The molecular formula is C30H36N4O5S. The maximum atomic E-state index is 13.4. The van der Waals surface area contributed by atoms with Gasteiger partial charge in [-0.3, -0.25) is 9.10 Å². The van der Waals surface area contributed by atoms with Gasteiger partial charge in [0, 0.05) is 30.4 Å². The predicted molar refractivity (Wildman–Crippen MR) is 161 cm³/mol. The van der Waals surface area contributed by atoms with E-state index in [-0.39, 0.29) is 5.91 Å². The molecule has 0 radical (unpaired) electrons. The number of hydrogen-bond donors (Lipinski definition) is 3. The van der Waals surface area contributed by atoms with Crippen molar-refractivity contribution < 1.29 is 22.7 Å². The smallest absolute Gasteiger partial charge is 0.258 e. The van der Waals surface area contributed by atoms with Crippen molar-refractivity contribution in [2.24, 2.45) is 0 Å². The number of nitrogens with one attached hydrogen (secondary N) is 3. The third-order valence-electron chi connectivity index (χ3n) is 6.31. The molecule has 4 rings (SSSR count). The van der Waals surface area contributed by atoms with Crippen molar-refractivity contribution in [1.82, 2.24) is 5.32 Å². The first-order chi connectivity index (χ1) is 19.3. The number of anilines is 3. The van der Waals surface area contributed by atoms with Crippen LogP contribution in [0.2, 0.25) is 0 Å². The lowest BCUT2D eigenvalue weighted by molar-refractivity contribution is -0.110. The summed E-state index contributed by atoms with van der Waals surface area (Å²) in [6.45, 7) is 8.30. The minimum Gasteiger partial charge on any atom is -0.490 e. The van der Waals surface area contributed by atoms with Crippen LogP contribution < -0.4 is 29.7 Å². The molecule has 212 valence electrons. The summed E-state index contributed by atoms with van der Waals surface area (Å²) in [6, 6.07) is 20.3. The Morgan fingerprint density at radius 2 is 1.57 bits per heavy atom. The quantitative estimate of drug-likeness (QED) is 0.202. The highest BCUT2D eigenvalue weighted by molar-refractivity contribution is 7.92. The first-order valence-electron chi connectivity index (χ1n) is 13.4. The zero-order valence-electron chi connectivity index (χ0n) is 23.3. The molecule has 0 aromatic heterocycles. The lowest BCUT2D eigenvalue weighted by Gasteiger charge is -2.23. The molecule has 3 N–H and O–H groups in total. The van der Waals surface area contributed by atoms with Crippen LogP contribution in [-0.2, 0) is 14.8 Å². The Hall–Kier alpha value is -4.02. The summed E-state index contributed by atoms with van der Waals surface area (Å²) < 4.78 is 37.9. The van der Waals surface area contributed by atoms with Crippen LogP contribution in [0.1, 0.15) is 31.9 Å². The van der Waals surface area contributed by atoms with E-state index in [1.807, 2.05) is 69.3 Å². The Labute approximate surface area is 236 Å². The normalized spacial score (nSPS) is 13.8. The fraction of sp³-hybridized carbons (Fsp3) is 0.300. The Kier molecular flexibility index (Phi) is 9.34. The van der Waals surface area contributed by atoms with Crippen LogP contribution in [-0.4, -0.2) is 53.4 Å². The average Bonchev–Trinajstić information content (AvgIpc) is 3.25. The van der Waals surface area contributed by atoms with Gasteiger partial charge in [-0.15, -0.1) is 0 Å². The lowest BCUT2D eigenvalue weighted by Crippen LogP contribution is -2.36. The molecule has 0 saturated carbocycles. The van der Waals surface area contributed by atoms with Gasteiger partial charge in [0.25, 0.3) is 5.91 Å². The highest BCUT2D eigenvalue weighted by atomic mass is 32.2. The topological polar surface area (TPSA) is 109 Å². The van der Waals surface area contributed by atoms with Gasteiger partial charge >= 0.3 is 0 Å². The van der Waals surface area contributed by atoms with Gasteiger partial charge in [0.1, 0.15) is 0 Å². The summed E-state index contributed by atoms with van der Waals surface area (Å²) in [5, 5.41) is 9.55. The van der Waals surface area contributed by atoms with Crippen molar-refractivity contribution in [3.63, 3.8) is 0 Å². The Morgan fingerprint density at radius 1 is 0.925 bits per heavy atom. The van der Waals surface area contributed by atoms with Gasteiger partial charge < -0.3 is 25.4 Å². The van der Waals surface area contributed by atoms with E-state index < -0.39 is 10.0 Å². The highest BCUT2D eigenvalue weighted by Crippen LogP contribution is 2.43. The molecule has 40 heavy (non-hydrogen) atoms. The molecule has 0 atom stereocenters. The van der Waals surface area contributed by atoms with Crippen LogP contribution in [0, 0.1) is 0 Å². The van der Waals surface area contributed by atoms with Crippen molar-refractivity contribution in [2.45, 2.75) is 20.8 Å². The third kappa shape index (κ3) is 6.57. The number of sulfonamides is 1. The molecule has 0 unspecified atom stereocenters. The third-order valence-corrected chi connectivity index (χ3v) is 7.50. The molecule has 1 aliphatic rings. The number of ether oxygens (including phenoxy) is 2. The van der Waals surface area contributed by atoms with Gasteiger partial charge in [0.2, 0.25) is 10.0 Å². The number of likely N-dealkylation sites (N-methyl/N-ethyl adjacent to an activating group) is 1. The molecule has 9 nitrogen and oxygen atoms in total. The SMILES string of the molecule is CCNCCN(c1ccc(NC(=C2C(=O)Nc3cc(OCC)c(OCC)cc32)c2ccccc2)cc1)S(C)(=O)=O.